The van der Waals surface area contributed by atoms with E-state index in [4.69, 9.17) is 9.47 Å². The summed E-state index contributed by atoms with van der Waals surface area (Å²) in [6, 6.07) is 24.6. The fourth-order valence-corrected chi connectivity index (χ4v) is 5.77. The van der Waals surface area contributed by atoms with Gasteiger partial charge < -0.3 is 25.0 Å². The van der Waals surface area contributed by atoms with Gasteiger partial charge in [0, 0.05) is 44.1 Å². The third-order valence-corrected chi connectivity index (χ3v) is 8.18. The molecule has 0 radical (unpaired) electrons. The first-order valence-electron chi connectivity index (χ1n) is 15.3. The maximum atomic E-state index is 13.6. The molecule has 0 bridgehead atoms. The first-order valence-corrected chi connectivity index (χ1v) is 15.3. The van der Waals surface area contributed by atoms with E-state index in [9.17, 15) is 22.8 Å². The number of nitrogens with zero attached hydrogens (tertiary/aromatic N) is 2. The number of methoxy groups -OCH3 is 2. The second-order valence-electron chi connectivity index (χ2n) is 11.1. The number of alkyl halides is 3. The van der Waals surface area contributed by atoms with Crippen LogP contribution in [0.1, 0.15) is 34.5 Å². The zero-order valence-electron chi connectivity index (χ0n) is 26.4. The Morgan fingerprint density at radius 2 is 1.45 bits per heavy atom. The summed E-state index contributed by atoms with van der Waals surface area (Å²) in [5.41, 5.74) is 2.72. The molecule has 47 heavy (non-hydrogen) atoms. The molecule has 1 aliphatic rings. The van der Waals surface area contributed by atoms with Crippen molar-refractivity contribution in [2.75, 3.05) is 57.2 Å². The van der Waals surface area contributed by atoms with Crippen molar-refractivity contribution in [1.82, 2.24) is 10.2 Å². The fourth-order valence-electron chi connectivity index (χ4n) is 5.77. The number of carbonyl (C=O) groups is 2. The highest BCUT2D eigenvalue weighted by Gasteiger charge is 2.31. The van der Waals surface area contributed by atoms with Crippen LogP contribution in [0.15, 0.2) is 91.0 Å². The van der Waals surface area contributed by atoms with Crippen molar-refractivity contribution in [2.24, 2.45) is 0 Å². The van der Waals surface area contributed by atoms with Crippen molar-refractivity contribution in [3.63, 3.8) is 0 Å². The lowest BCUT2D eigenvalue weighted by atomic mass is 9.97. The first kappa shape index (κ1) is 33.3. The van der Waals surface area contributed by atoms with Gasteiger partial charge in [-0.1, -0.05) is 42.5 Å². The van der Waals surface area contributed by atoms with Gasteiger partial charge in [0.25, 0.3) is 5.91 Å². The quantitative estimate of drug-likeness (QED) is 0.201. The molecule has 0 spiro atoms. The number of likely N-dealkylation sites (N-methyl/N-ethyl adjacent to an activating group) is 1. The lowest BCUT2D eigenvalue weighted by Gasteiger charge is -2.39. The van der Waals surface area contributed by atoms with Gasteiger partial charge in [-0.2, -0.15) is 13.2 Å². The van der Waals surface area contributed by atoms with E-state index >= 15 is 0 Å². The van der Waals surface area contributed by atoms with Crippen LogP contribution in [0.25, 0.3) is 11.1 Å². The first-order chi connectivity index (χ1) is 22.6. The molecule has 8 nitrogen and oxygen atoms in total. The van der Waals surface area contributed by atoms with Crippen LogP contribution in [0, 0.1) is 0 Å². The summed E-state index contributed by atoms with van der Waals surface area (Å²) in [6.07, 6.45) is -4.48. The van der Waals surface area contributed by atoms with E-state index < -0.39 is 17.6 Å². The second-order valence-corrected chi connectivity index (χ2v) is 11.1. The van der Waals surface area contributed by atoms with Crippen LogP contribution in [-0.2, 0) is 11.0 Å². The Kier molecular flexibility index (Phi) is 10.4. The molecule has 1 atom stereocenters. The van der Waals surface area contributed by atoms with E-state index in [1.807, 2.05) is 49.4 Å². The van der Waals surface area contributed by atoms with E-state index in [1.165, 1.54) is 32.4 Å². The Labute approximate surface area is 272 Å². The molecule has 2 N–H and O–H groups in total. The molecule has 0 saturated carbocycles. The highest BCUT2D eigenvalue weighted by Crippen LogP contribution is 2.38. The van der Waals surface area contributed by atoms with Crippen LogP contribution >= 0.6 is 0 Å². The van der Waals surface area contributed by atoms with Gasteiger partial charge in [-0.3, -0.25) is 14.5 Å². The number of nitrogens with one attached hydrogen (secondary N) is 2. The highest BCUT2D eigenvalue weighted by atomic mass is 19.4. The Hall–Kier alpha value is -5.03. The molecule has 1 unspecified atom stereocenters. The molecular formula is C36H37F3N4O4. The summed E-state index contributed by atoms with van der Waals surface area (Å²) >= 11 is 0. The zero-order chi connectivity index (χ0) is 33.6. The van der Waals surface area contributed by atoms with Crippen LogP contribution in [0.4, 0.5) is 24.5 Å². The number of hydrogen-bond donors (Lipinski definition) is 2. The molecule has 0 aromatic heterocycles. The molecule has 4 aromatic rings. The standard InChI is InChI=1S/C36H37F3N4O4/c1-4-40-35(45)33(25-8-6-5-7-9-25)43-20-18-42(19-21-43)28-16-14-27(15-17-28)41-34(44)30-23-32(47-3)31(46-2)22-29(30)24-10-12-26(13-11-24)36(37,38)39/h5-17,22-23,33H,4,18-21H2,1-3H3,(H,40,45)(H,41,44). The summed E-state index contributed by atoms with van der Waals surface area (Å²) in [5, 5.41) is 5.87. The van der Waals surface area contributed by atoms with Crippen molar-refractivity contribution in [2.45, 2.75) is 19.1 Å². The molecular weight excluding hydrogens is 609 g/mol. The highest BCUT2D eigenvalue weighted by molar-refractivity contribution is 6.09. The van der Waals surface area contributed by atoms with E-state index in [2.05, 4.69) is 20.4 Å². The van der Waals surface area contributed by atoms with Gasteiger partial charge in [-0.25, -0.2) is 0 Å². The van der Waals surface area contributed by atoms with Gasteiger partial charge in [0.15, 0.2) is 11.5 Å². The Morgan fingerprint density at radius 1 is 0.830 bits per heavy atom. The van der Waals surface area contributed by atoms with Gasteiger partial charge in [-0.05, 0) is 72.1 Å². The second kappa shape index (κ2) is 14.6. The number of amides is 2. The maximum absolute atomic E-state index is 13.6. The van der Waals surface area contributed by atoms with Gasteiger partial charge >= 0.3 is 6.18 Å². The fraction of sp³-hybridized carbons (Fsp3) is 0.278. The number of halogens is 3. The Bertz CT molecular complexity index is 1670. The SMILES string of the molecule is CCNC(=O)C(c1ccccc1)N1CCN(c2ccc(NC(=O)c3cc(OC)c(OC)cc3-c3ccc(C(F)(F)F)cc3)cc2)CC1. The molecule has 0 aliphatic carbocycles. The lowest BCUT2D eigenvalue weighted by molar-refractivity contribution is -0.137. The van der Waals surface area contributed by atoms with Crippen LogP contribution < -0.4 is 25.0 Å². The lowest BCUT2D eigenvalue weighted by Crippen LogP contribution is -2.51. The van der Waals surface area contributed by atoms with E-state index in [0.717, 1.165) is 36.5 Å². The monoisotopic (exact) mass is 646 g/mol. The minimum absolute atomic E-state index is 0.0109. The maximum Gasteiger partial charge on any atom is 0.416 e. The minimum Gasteiger partial charge on any atom is -0.493 e. The van der Waals surface area contributed by atoms with Crippen molar-refractivity contribution >= 4 is 23.2 Å². The summed E-state index contributed by atoms with van der Waals surface area (Å²) in [7, 11) is 2.89. The summed E-state index contributed by atoms with van der Waals surface area (Å²) in [6.45, 7) is 5.30. The summed E-state index contributed by atoms with van der Waals surface area (Å²) in [5.74, 6) is 0.177. The smallest absolute Gasteiger partial charge is 0.416 e. The predicted octanol–water partition coefficient (Wildman–Crippen LogP) is 6.64. The molecule has 11 heteroatoms. The van der Waals surface area contributed by atoms with Crippen LogP contribution in [0.2, 0.25) is 0 Å². The number of carbonyl (C=O) groups excluding carboxylic acids is 2. The van der Waals surface area contributed by atoms with E-state index in [-0.39, 0.29) is 17.5 Å². The van der Waals surface area contributed by atoms with Gasteiger partial charge in [0.1, 0.15) is 6.04 Å². The Balaban J connectivity index is 1.30. The van der Waals surface area contributed by atoms with Crippen LogP contribution in [-0.4, -0.2) is 63.7 Å². The van der Waals surface area contributed by atoms with Crippen LogP contribution in [0.5, 0.6) is 11.5 Å². The minimum atomic E-state index is -4.48. The molecule has 1 heterocycles. The van der Waals surface area contributed by atoms with Gasteiger partial charge in [0.05, 0.1) is 25.3 Å². The van der Waals surface area contributed by atoms with Gasteiger partial charge in [0.2, 0.25) is 5.91 Å². The number of anilines is 2. The Morgan fingerprint density at radius 3 is 2.02 bits per heavy atom. The number of rotatable bonds is 10. The predicted molar refractivity (Wildman–Crippen MR) is 176 cm³/mol. The number of ether oxygens (including phenoxy) is 2. The van der Waals surface area contributed by atoms with Crippen molar-refractivity contribution in [1.29, 1.82) is 0 Å². The van der Waals surface area contributed by atoms with Crippen LogP contribution in [0.3, 0.4) is 0 Å². The van der Waals surface area contributed by atoms with E-state index in [0.29, 0.717) is 47.9 Å². The van der Waals surface area contributed by atoms with E-state index in [1.54, 1.807) is 18.2 Å². The third kappa shape index (κ3) is 7.69. The molecule has 1 fully saturated rings. The van der Waals surface area contributed by atoms with Crippen molar-refractivity contribution in [3.05, 3.63) is 108 Å². The average molecular weight is 647 g/mol. The summed E-state index contributed by atoms with van der Waals surface area (Å²) < 4.78 is 50.4. The topological polar surface area (TPSA) is 83.1 Å². The zero-order valence-corrected chi connectivity index (χ0v) is 26.4. The van der Waals surface area contributed by atoms with Gasteiger partial charge in [-0.15, -0.1) is 0 Å². The largest absolute Gasteiger partial charge is 0.493 e. The molecule has 2 amide bonds. The average Bonchev–Trinajstić information content (AvgIpc) is 3.08. The molecule has 246 valence electrons. The van der Waals surface area contributed by atoms with Crippen molar-refractivity contribution in [3.8, 4) is 22.6 Å². The molecule has 1 aliphatic heterocycles. The number of benzene rings is 4. The molecule has 1 saturated heterocycles. The van der Waals surface area contributed by atoms with Crippen molar-refractivity contribution < 1.29 is 32.2 Å². The molecule has 4 aromatic carbocycles. The number of hydrogen-bond acceptors (Lipinski definition) is 6. The normalized spacial score (nSPS) is 14.3. The summed E-state index contributed by atoms with van der Waals surface area (Å²) in [4.78, 5) is 31.0. The molecule has 5 rings (SSSR count). The third-order valence-electron chi connectivity index (χ3n) is 8.18. The number of piperazine rings is 1.